The van der Waals surface area contributed by atoms with E-state index in [0.717, 1.165) is 27.9 Å². The molecule has 4 rings (SSSR count). The van der Waals surface area contributed by atoms with Crippen molar-refractivity contribution in [2.24, 2.45) is 4.99 Å². The number of hydrogen-bond acceptors (Lipinski definition) is 6. The number of methoxy groups -OCH3 is 1. The summed E-state index contributed by atoms with van der Waals surface area (Å²) in [5.74, 6) is -0.444. The van der Waals surface area contributed by atoms with Crippen LogP contribution in [0.5, 0.6) is 0 Å². The Morgan fingerprint density at radius 1 is 1.19 bits per heavy atom. The molecular weight excluding hydrogens is 412 g/mol. The topological polar surface area (TPSA) is 89.3 Å². The van der Waals surface area contributed by atoms with Gasteiger partial charge in [-0.3, -0.25) is 19.7 Å². The van der Waals surface area contributed by atoms with Gasteiger partial charge in [0.2, 0.25) is 5.13 Å². The van der Waals surface area contributed by atoms with E-state index in [1.54, 1.807) is 6.92 Å². The van der Waals surface area contributed by atoms with Crippen molar-refractivity contribution < 1.29 is 9.53 Å². The van der Waals surface area contributed by atoms with Crippen LogP contribution in [-0.2, 0) is 22.4 Å². The second-order valence-corrected chi connectivity index (χ2v) is 8.01. The highest BCUT2D eigenvalue weighted by molar-refractivity contribution is 7.20. The first-order valence-corrected chi connectivity index (χ1v) is 10.7. The Bertz CT molecular complexity index is 1310. The van der Waals surface area contributed by atoms with Crippen LogP contribution in [-0.4, -0.2) is 33.6 Å². The zero-order valence-corrected chi connectivity index (χ0v) is 18.3. The van der Waals surface area contributed by atoms with Crippen LogP contribution >= 0.6 is 11.3 Å². The van der Waals surface area contributed by atoms with Crippen molar-refractivity contribution in [1.29, 1.82) is 0 Å². The van der Waals surface area contributed by atoms with Gasteiger partial charge < -0.3 is 4.74 Å². The molecule has 31 heavy (non-hydrogen) atoms. The standard InChI is InChI=1S/C23H22N4O3S/c1-4-15-9-5-6-10-16(15)24-14(2)21-18(13-20(28)30-3)26-27(22(21)29)23-25-17-11-7-8-12-19(17)31-23/h5-12,26H,4,13H2,1-3H3. The fraction of sp³-hybridized carbons (Fsp3) is 0.217. The first-order chi connectivity index (χ1) is 15.0. The quantitative estimate of drug-likeness (QED) is 0.364. The first kappa shape index (κ1) is 20.7. The number of H-pyrrole nitrogens is 1. The highest BCUT2D eigenvalue weighted by Crippen LogP contribution is 2.25. The van der Waals surface area contributed by atoms with E-state index in [1.165, 1.54) is 23.1 Å². The average molecular weight is 435 g/mol. The number of aromatic nitrogens is 3. The molecule has 2 heterocycles. The molecule has 8 heteroatoms. The number of ether oxygens (including phenoxy) is 1. The molecule has 0 spiro atoms. The van der Waals surface area contributed by atoms with E-state index in [1.807, 2.05) is 48.5 Å². The van der Waals surface area contributed by atoms with Gasteiger partial charge in [0.15, 0.2) is 0 Å². The number of nitrogens with one attached hydrogen (secondary N) is 1. The number of carbonyl (C=O) groups is 1. The summed E-state index contributed by atoms with van der Waals surface area (Å²) in [7, 11) is 1.32. The predicted octanol–water partition coefficient (Wildman–Crippen LogP) is 4.19. The van der Waals surface area contributed by atoms with Gasteiger partial charge >= 0.3 is 5.97 Å². The summed E-state index contributed by atoms with van der Waals surface area (Å²) in [5.41, 5.74) is 3.73. The van der Waals surface area contributed by atoms with Gasteiger partial charge in [-0.05, 0) is 37.1 Å². The van der Waals surface area contributed by atoms with Crippen LogP contribution in [0.25, 0.3) is 15.3 Å². The number of thiazole rings is 1. The first-order valence-electron chi connectivity index (χ1n) is 9.92. The largest absolute Gasteiger partial charge is 0.469 e. The molecule has 0 aliphatic carbocycles. The summed E-state index contributed by atoms with van der Waals surface area (Å²) < 4.78 is 7.17. The van der Waals surface area contributed by atoms with Gasteiger partial charge in [0, 0.05) is 0 Å². The van der Waals surface area contributed by atoms with E-state index in [4.69, 9.17) is 9.73 Å². The molecule has 1 N–H and O–H groups in total. The Morgan fingerprint density at radius 2 is 1.94 bits per heavy atom. The molecule has 4 aromatic rings. The van der Waals surface area contributed by atoms with Crippen molar-refractivity contribution in [2.75, 3.05) is 7.11 Å². The van der Waals surface area contributed by atoms with Gasteiger partial charge in [-0.15, -0.1) is 0 Å². The summed E-state index contributed by atoms with van der Waals surface area (Å²) in [4.78, 5) is 34.7. The Balaban J connectivity index is 1.86. The Kier molecular flexibility index (Phi) is 5.81. The number of rotatable bonds is 6. The fourth-order valence-electron chi connectivity index (χ4n) is 3.45. The molecular formula is C23H22N4O3S. The molecule has 158 valence electrons. The fourth-order valence-corrected chi connectivity index (χ4v) is 4.37. The lowest BCUT2D eigenvalue weighted by Crippen LogP contribution is -2.20. The number of carbonyl (C=O) groups excluding carboxylic acids is 1. The molecule has 0 bridgehead atoms. The number of benzene rings is 2. The SMILES string of the molecule is CCc1ccccc1N=C(C)c1c(CC(=O)OC)[nH]n(-c2nc3ccccc3s2)c1=O. The summed E-state index contributed by atoms with van der Waals surface area (Å²) in [6.45, 7) is 3.84. The maximum atomic E-state index is 13.4. The number of aryl methyl sites for hydroxylation is 1. The van der Waals surface area contributed by atoms with E-state index < -0.39 is 5.97 Å². The van der Waals surface area contributed by atoms with Crippen LogP contribution in [0.4, 0.5) is 5.69 Å². The van der Waals surface area contributed by atoms with Gasteiger partial charge in [0.05, 0.1) is 46.4 Å². The summed E-state index contributed by atoms with van der Waals surface area (Å²) in [5, 5.41) is 3.56. The Labute approximate surface area is 183 Å². The molecule has 0 unspecified atom stereocenters. The molecule has 0 amide bonds. The minimum atomic E-state index is -0.444. The normalized spacial score (nSPS) is 11.8. The van der Waals surface area contributed by atoms with Crippen LogP contribution in [0, 0.1) is 0 Å². The number of hydrogen-bond donors (Lipinski definition) is 1. The number of para-hydroxylation sites is 2. The van der Waals surface area contributed by atoms with Crippen LogP contribution < -0.4 is 5.56 Å². The molecule has 7 nitrogen and oxygen atoms in total. The van der Waals surface area contributed by atoms with Crippen LogP contribution in [0.3, 0.4) is 0 Å². The van der Waals surface area contributed by atoms with Gasteiger partial charge in [-0.2, -0.15) is 4.68 Å². The summed E-state index contributed by atoms with van der Waals surface area (Å²) >= 11 is 1.40. The monoisotopic (exact) mass is 434 g/mol. The zero-order valence-electron chi connectivity index (χ0n) is 17.5. The van der Waals surface area contributed by atoms with E-state index in [-0.39, 0.29) is 12.0 Å². The Morgan fingerprint density at radius 3 is 2.68 bits per heavy atom. The smallest absolute Gasteiger partial charge is 0.311 e. The lowest BCUT2D eigenvalue weighted by atomic mass is 10.1. The second-order valence-electron chi connectivity index (χ2n) is 7.00. The lowest BCUT2D eigenvalue weighted by molar-refractivity contribution is -0.139. The van der Waals surface area contributed by atoms with E-state index >= 15 is 0 Å². The van der Waals surface area contributed by atoms with E-state index in [2.05, 4.69) is 17.0 Å². The van der Waals surface area contributed by atoms with Crippen molar-refractivity contribution in [2.45, 2.75) is 26.7 Å². The van der Waals surface area contributed by atoms with E-state index in [0.29, 0.717) is 22.1 Å². The van der Waals surface area contributed by atoms with Crippen molar-refractivity contribution in [3.05, 3.63) is 75.7 Å². The van der Waals surface area contributed by atoms with Gasteiger partial charge in [0.25, 0.3) is 5.56 Å². The third kappa shape index (κ3) is 4.06. The zero-order chi connectivity index (χ0) is 22.0. The van der Waals surface area contributed by atoms with Crippen molar-refractivity contribution in [3.63, 3.8) is 0 Å². The maximum absolute atomic E-state index is 13.4. The molecule has 0 aliphatic heterocycles. The number of aliphatic imine (C=N–C) groups is 1. The molecule has 0 aliphatic rings. The highest BCUT2D eigenvalue weighted by Gasteiger charge is 2.22. The molecule has 0 saturated heterocycles. The van der Waals surface area contributed by atoms with Crippen molar-refractivity contribution >= 4 is 38.9 Å². The van der Waals surface area contributed by atoms with Gasteiger partial charge in [-0.25, -0.2) is 4.98 Å². The highest BCUT2D eigenvalue weighted by atomic mass is 32.1. The average Bonchev–Trinajstić information content (AvgIpc) is 3.34. The van der Waals surface area contributed by atoms with Crippen molar-refractivity contribution in [1.82, 2.24) is 14.8 Å². The van der Waals surface area contributed by atoms with Crippen LogP contribution in [0.2, 0.25) is 0 Å². The van der Waals surface area contributed by atoms with Gasteiger partial charge in [-0.1, -0.05) is 48.6 Å². The molecule has 0 radical (unpaired) electrons. The number of aromatic amines is 1. The molecule has 0 saturated carbocycles. The number of nitrogens with zero attached hydrogens (tertiary/aromatic N) is 3. The number of esters is 1. The van der Waals surface area contributed by atoms with Gasteiger partial charge in [0.1, 0.15) is 0 Å². The maximum Gasteiger partial charge on any atom is 0.311 e. The number of fused-ring (bicyclic) bond motifs is 1. The Hall–Kier alpha value is -3.52. The summed E-state index contributed by atoms with van der Waals surface area (Å²) in [6, 6.07) is 15.5. The predicted molar refractivity (Wildman–Crippen MR) is 123 cm³/mol. The van der Waals surface area contributed by atoms with Crippen molar-refractivity contribution in [3.8, 4) is 5.13 Å². The molecule has 2 aromatic heterocycles. The van der Waals surface area contributed by atoms with Crippen LogP contribution in [0.1, 0.15) is 30.7 Å². The molecule has 2 aromatic carbocycles. The summed E-state index contributed by atoms with van der Waals surface area (Å²) in [6.07, 6.45) is 0.756. The van der Waals surface area contributed by atoms with E-state index in [9.17, 15) is 9.59 Å². The minimum absolute atomic E-state index is 0.0682. The molecule has 0 atom stereocenters. The van der Waals surface area contributed by atoms with Crippen LogP contribution in [0.15, 0.2) is 58.3 Å². The minimum Gasteiger partial charge on any atom is -0.469 e. The third-order valence-corrected chi connectivity index (χ3v) is 6.03. The lowest BCUT2D eigenvalue weighted by Gasteiger charge is -2.05. The molecule has 0 fully saturated rings. The second kappa shape index (κ2) is 8.69. The third-order valence-electron chi connectivity index (χ3n) is 5.01.